The maximum absolute atomic E-state index is 16.9. The highest BCUT2D eigenvalue weighted by Gasteiger charge is 2.38. The number of alkyl halides is 9. The van der Waals surface area contributed by atoms with Crippen LogP contribution in [-0.4, -0.2) is 44.9 Å². The predicted octanol–water partition coefficient (Wildman–Crippen LogP) is 19.7. The standard InChI is InChI=1S/C68H56Cl3F10N3O9S3/c1-6-82(94(85,86)54-23-14-19-48(37-54)66(73,74)75)51-20-11-16-43(30-51)40-91-62-27-15-24-57(63(62)71)58-28-29-60(70)65(64(58)72)93-42(5)45-18-13-22-53(34-45)84(8-3)96(89,90)56-36-47(32-50(39-56)68(79,80)81)46-31-49(67(76,77)78)38-55(35-46)95(87,88)83(7-2)52-21-12-17-44(33-52)41(4)92-61-26-10-9-25-59(61)69/h9-39,41-42H,6-8,40H2,1-5H3. The Bertz CT molecular complexity index is 4740. The van der Waals surface area contributed by atoms with Crippen molar-refractivity contribution in [2.45, 2.75) is 86.6 Å². The van der Waals surface area contributed by atoms with Crippen LogP contribution in [0.3, 0.4) is 0 Å². The summed E-state index contributed by atoms with van der Waals surface area (Å²) in [6.45, 7) is 6.24. The number of hydrogen-bond acceptors (Lipinski definition) is 9. The van der Waals surface area contributed by atoms with Crippen LogP contribution in [0.2, 0.25) is 15.1 Å². The van der Waals surface area contributed by atoms with Gasteiger partial charge in [-0.3, -0.25) is 12.9 Å². The second-order valence-corrected chi connectivity index (χ2v) is 28.3. The number of ether oxygens (including phenoxy) is 3. The highest BCUT2D eigenvalue weighted by Crippen LogP contribution is 2.45. The molecule has 0 fully saturated rings. The zero-order valence-corrected chi connectivity index (χ0v) is 55.8. The number of rotatable bonds is 23. The Morgan fingerprint density at radius 3 is 1.39 bits per heavy atom. The molecule has 0 saturated carbocycles. The highest BCUT2D eigenvalue weighted by molar-refractivity contribution is 7.93. The molecule has 0 spiro atoms. The lowest BCUT2D eigenvalue weighted by Crippen LogP contribution is -2.31. The number of halogens is 13. The fourth-order valence-electron chi connectivity index (χ4n) is 10.4. The van der Waals surface area contributed by atoms with Crippen molar-refractivity contribution < 1.29 is 83.4 Å². The summed E-state index contributed by atoms with van der Waals surface area (Å²) in [5.74, 6) is -1.14. The minimum atomic E-state index is -5.30. The van der Waals surface area contributed by atoms with E-state index in [9.17, 15) is 64.8 Å². The minimum absolute atomic E-state index is 0.00617. The third-order valence-corrected chi connectivity index (χ3v) is 21.8. The monoisotopic (exact) mass is 1450 g/mol. The van der Waals surface area contributed by atoms with E-state index in [0.29, 0.717) is 53.3 Å². The van der Waals surface area contributed by atoms with Crippen LogP contribution in [0.1, 0.15) is 80.2 Å². The molecule has 0 N–H and O–H groups in total. The van der Waals surface area contributed by atoms with Crippen LogP contribution in [0.15, 0.2) is 203 Å². The van der Waals surface area contributed by atoms with E-state index in [2.05, 4.69) is 0 Å². The molecule has 9 aromatic rings. The summed E-state index contributed by atoms with van der Waals surface area (Å²) >= 11 is 19.7. The molecular formula is C68H56Cl3F10N3O9S3. The van der Waals surface area contributed by atoms with Crippen molar-refractivity contribution in [3.63, 3.8) is 0 Å². The van der Waals surface area contributed by atoms with Crippen molar-refractivity contribution in [2.24, 2.45) is 0 Å². The summed E-state index contributed by atoms with van der Waals surface area (Å²) in [5, 5.41) is -0.0190. The lowest BCUT2D eigenvalue weighted by atomic mass is 10.0. The molecule has 2 unspecified atom stereocenters. The normalized spacial score (nSPS) is 13.0. The highest BCUT2D eigenvalue weighted by atomic mass is 35.5. The van der Waals surface area contributed by atoms with E-state index in [1.54, 1.807) is 43.3 Å². The molecule has 0 aliphatic heterocycles. The first-order chi connectivity index (χ1) is 45.1. The Labute approximate surface area is 562 Å². The van der Waals surface area contributed by atoms with Gasteiger partial charge < -0.3 is 14.2 Å². The Morgan fingerprint density at radius 1 is 0.427 bits per heavy atom. The van der Waals surface area contributed by atoms with Crippen LogP contribution in [0.25, 0.3) is 22.3 Å². The Balaban J connectivity index is 0.972. The lowest BCUT2D eigenvalue weighted by molar-refractivity contribution is -0.138. The van der Waals surface area contributed by atoms with Crippen LogP contribution in [-0.2, 0) is 55.2 Å². The Hall–Kier alpha value is -8.20. The van der Waals surface area contributed by atoms with Gasteiger partial charge >= 0.3 is 18.5 Å². The van der Waals surface area contributed by atoms with Gasteiger partial charge in [0.2, 0.25) is 0 Å². The number of sulfonamides is 3. The molecule has 0 aromatic heterocycles. The van der Waals surface area contributed by atoms with Crippen LogP contribution in [0.5, 0.6) is 17.2 Å². The smallest absolute Gasteiger partial charge is 0.416 e. The molecule has 2 atom stereocenters. The van der Waals surface area contributed by atoms with Crippen LogP contribution in [0.4, 0.5) is 61.0 Å². The fraction of sp³-hybridized carbons (Fsp3) is 0.206. The van der Waals surface area contributed by atoms with E-state index in [1.165, 1.54) is 119 Å². The molecule has 0 bridgehead atoms. The van der Waals surface area contributed by atoms with Gasteiger partial charge in [0, 0.05) is 30.8 Å². The van der Waals surface area contributed by atoms with Gasteiger partial charge in [-0.2, -0.15) is 39.5 Å². The molecule has 9 rings (SSSR count). The van der Waals surface area contributed by atoms with Gasteiger partial charge in [-0.15, -0.1) is 0 Å². The maximum atomic E-state index is 16.9. The average Bonchev–Trinajstić information content (AvgIpc) is 0.741. The number of anilines is 3. The lowest BCUT2D eigenvalue weighted by Gasteiger charge is -2.26. The van der Waals surface area contributed by atoms with Crippen molar-refractivity contribution in [1.82, 2.24) is 0 Å². The van der Waals surface area contributed by atoms with Crippen LogP contribution in [0, 0.1) is 5.82 Å². The third-order valence-electron chi connectivity index (χ3n) is 15.2. The second kappa shape index (κ2) is 28.5. The summed E-state index contributed by atoms with van der Waals surface area (Å²) in [4.78, 5) is -2.60. The van der Waals surface area contributed by atoms with Crippen molar-refractivity contribution in [3.05, 3.63) is 242 Å². The van der Waals surface area contributed by atoms with Crippen molar-refractivity contribution >= 4 is 81.9 Å². The van der Waals surface area contributed by atoms with Gasteiger partial charge in [-0.25, -0.2) is 29.6 Å². The first-order valence-electron chi connectivity index (χ1n) is 29.0. The first-order valence-corrected chi connectivity index (χ1v) is 34.5. The van der Waals surface area contributed by atoms with E-state index in [1.807, 2.05) is 0 Å². The second-order valence-electron chi connectivity index (χ2n) is 21.5. The number of para-hydroxylation sites is 1. The molecule has 0 saturated heterocycles. The maximum Gasteiger partial charge on any atom is 0.416 e. The molecule has 28 heteroatoms. The minimum Gasteiger partial charge on any atom is -0.487 e. The van der Waals surface area contributed by atoms with Crippen molar-refractivity contribution in [1.29, 1.82) is 0 Å². The van der Waals surface area contributed by atoms with Gasteiger partial charge in [0.15, 0.2) is 11.6 Å². The molecule has 0 heterocycles. The Kier molecular flexibility index (Phi) is 21.4. The van der Waals surface area contributed by atoms with E-state index in [-0.39, 0.29) is 74.3 Å². The molecule has 0 aliphatic rings. The van der Waals surface area contributed by atoms with Gasteiger partial charge in [-0.1, -0.05) is 102 Å². The van der Waals surface area contributed by atoms with Crippen molar-refractivity contribution in [3.8, 4) is 39.5 Å². The van der Waals surface area contributed by atoms with Crippen LogP contribution < -0.4 is 27.1 Å². The average molecular weight is 1450 g/mol. The zero-order chi connectivity index (χ0) is 70.0. The summed E-state index contributed by atoms with van der Waals surface area (Å²) in [6.07, 6.45) is -17.3. The molecule has 12 nitrogen and oxygen atoms in total. The fourth-order valence-corrected chi connectivity index (χ4v) is 15.6. The predicted molar refractivity (Wildman–Crippen MR) is 349 cm³/mol. The van der Waals surface area contributed by atoms with Crippen molar-refractivity contribution in [2.75, 3.05) is 32.5 Å². The summed E-state index contributed by atoms with van der Waals surface area (Å²) in [7, 11) is -14.6. The zero-order valence-electron chi connectivity index (χ0n) is 51.0. The Morgan fingerprint density at radius 2 is 0.875 bits per heavy atom. The molecule has 0 aliphatic carbocycles. The molecule has 9 aromatic carbocycles. The van der Waals surface area contributed by atoms with Crippen LogP contribution >= 0.6 is 34.8 Å². The summed E-state index contributed by atoms with van der Waals surface area (Å²) < 4.78 is 254. The number of benzene rings is 9. The van der Waals surface area contributed by atoms with Gasteiger partial charge in [-0.05, 0) is 184 Å². The largest absolute Gasteiger partial charge is 0.487 e. The quantitative estimate of drug-likeness (QED) is 0.0573. The molecule has 0 radical (unpaired) electrons. The molecular weight excluding hydrogens is 1400 g/mol. The van der Waals surface area contributed by atoms with Gasteiger partial charge in [0.05, 0.1) is 63.5 Å². The topological polar surface area (TPSA) is 140 Å². The van der Waals surface area contributed by atoms with E-state index >= 15 is 4.39 Å². The van der Waals surface area contributed by atoms with E-state index < -0.39 is 121 Å². The molecule has 0 amide bonds. The number of hydrogen-bond donors (Lipinski definition) is 0. The summed E-state index contributed by atoms with van der Waals surface area (Å²) in [5.41, 5.74) is -4.83. The number of nitrogens with zero attached hydrogens (tertiary/aromatic N) is 3. The summed E-state index contributed by atoms with van der Waals surface area (Å²) in [6, 6.07) is 37.3. The van der Waals surface area contributed by atoms with Gasteiger partial charge in [0.1, 0.15) is 30.3 Å². The first kappa shape index (κ1) is 72.1. The van der Waals surface area contributed by atoms with Gasteiger partial charge in [0.25, 0.3) is 30.1 Å². The SMILES string of the molecule is CCN(c1cccc(COc2cccc(-c3ccc(Cl)c(OC(C)c4cccc(N(CC)S(=O)(=O)c5cc(-c6cc(C(F)(F)F)cc(S(=O)(=O)N(CC)c7cccc(C(C)Oc8ccccc8Cl)c7)c6)cc(C(F)(F)F)c5)c4)c3F)c2Cl)c1)S(=O)(=O)c1cccc(C(F)(F)F)c1. The van der Waals surface area contributed by atoms with E-state index in [4.69, 9.17) is 49.0 Å². The van der Waals surface area contributed by atoms with E-state index in [0.717, 1.165) is 37.2 Å². The molecule has 506 valence electrons. The third kappa shape index (κ3) is 15.6. The molecule has 96 heavy (non-hydrogen) atoms.